The zero-order valence-electron chi connectivity index (χ0n) is 24.4. The largest absolute Gasteiger partial charge is 0.497 e. The Kier molecular flexibility index (Phi) is 9.46. The third-order valence-electron chi connectivity index (χ3n) is 6.85. The molecule has 11 heteroatoms. The first-order chi connectivity index (χ1) is 21.8. The van der Waals surface area contributed by atoms with Gasteiger partial charge in [0.2, 0.25) is 5.88 Å². The van der Waals surface area contributed by atoms with Crippen LogP contribution >= 0.6 is 15.9 Å². The maximum Gasteiger partial charge on any atom is 0.269 e. The second-order valence-electron chi connectivity index (χ2n) is 9.56. The molecule has 0 fully saturated rings. The number of nitro groups is 1. The Morgan fingerprint density at radius 2 is 1.53 bits per heavy atom. The standard InChI is InChI=1S/C34H26BrN3O7/c1-41-26-12-6-23(7-13-26)31-28(18-36)34(45-32(31)24-8-14-27(42-2)15-9-24)37-19-22-16-29(35)33(30(17-22)43-3)44-20-21-4-10-25(11-5-21)38(39)40/h4-17,19H,20H2,1-3H3. The summed E-state index contributed by atoms with van der Waals surface area (Å²) in [5.41, 5.74) is 3.80. The zero-order chi connectivity index (χ0) is 31.9. The van der Waals surface area contributed by atoms with E-state index in [0.717, 1.165) is 16.7 Å². The number of methoxy groups -OCH3 is 3. The van der Waals surface area contributed by atoms with Crippen molar-refractivity contribution in [3.8, 4) is 51.5 Å². The summed E-state index contributed by atoms with van der Waals surface area (Å²) in [5.74, 6) is 2.89. The van der Waals surface area contributed by atoms with E-state index < -0.39 is 4.92 Å². The molecule has 0 aliphatic rings. The Morgan fingerprint density at radius 1 is 0.911 bits per heavy atom. The number of hydrogen-bond donors (Lipinski definition) is 0. The van der Waals surface area contributed by atoms with Crippen molar-refractivity contribution in [2.24, 2.45) is 4.99 Å². The fourth-order valence-electron chi connectivity index (χ4n) is 4.55. The predicted octanol–water partition coefficient (Wildman–Crippen LogP) is 8.51. The van der Waals surface area contributed by atoms with Gasteiger partial charge in [-0.2, -0.15) is 5.26 Å². The monoisotopic (exact) mass is 667 g/mol. The Morgan fingerprint density at radius 3 is 2.09 bits per heavy atom. The van der Waals surface area contributed by atoms with Gasteiger partial charge in [0.25, 0.3) is 5.69 Å². The lowest BCUT2D eigenvalue weighted by Gasteiger charge is -2.13. The highest BCUT2D eigenvalue weighted by molar-refractivity contribution is 9.10. The van der Waals surface area contributed by atoms with Crippen molar-refractivity contribution >= 4 is 33.7 Å². The van der Waals surface area contributed by atoms with Crippen LogP contribution < -0.4 is 18.9 Å². The maximum absolute atomic E-state index is 10.9. The fourth-order valence-corrected chi connectivity index (χ4v) is 5.12. The summed E-state index contributed by atoms with van der Waals surface area (Å²) in [5, 5.41) is 21.2. The van der Waals surface area contributed by atoms with Crippen LogP contribution in [0.2, 0.25) is 0 Å². The summed E-state index contributed by atoms with van der Waals surface area (Å²) in [6.45, 7) is 0.167. The molecule has 5 aromatic rings. The first kappa shape index (κ1) is 30.8. The van der Waals surface area contributed by atoms with Crippen molar-refractivity contribution in [1.29, 1.82) is 5.26 Å². The number of aliphatic imine (C=N–C) groups is 1. The summed E-state index contributed by atoms with van der Waals surface area (Å²) >= 11 is 3.55. The van der Waals surface area contributed by atoms with Crippen LogP contribution in [0.15, 0.2) is 98.8 Å². The molecule has 0 saturated carbocycles. The molecule has 5 rings (SSSR count). The minimum absolute atomic E-state index is 0.00417. The Bertz CT molecular complexity index is 1890. The summed E-state index contributed by atoms with van der Waals surface area (Å²) in [6.07, 6.45) is 1.57. The molecule has 45 heavy (non-hydrogen) atoms. The van der Waals surface area contributed by atoms with Crippen molar-refractivity contribution in [3.63, 3.8) is 0 Å². The SMILES string of the molecule is COc1ccc(-c2oc(N=Cc3cc(Br)c(OCc4ccc([N+](=O)[O-])cc4)c(OC)c3)c(C#N)c2-c2ccc(OC)cc2)cc1. The van der Waals surface area contributed by atoms with Crippen LogP contribution in [0.25, 0.3) is 22.5 Å². The normalized spacial score (nSPS) is 10.8. The van der Waals surface area contributed by atoms with Gasteiger partial charge in [-0.3, -0.25) is 10.1 Å². The molecular formula is C34H26BrN3O7. The number of rotatable bonds is 11. The number of furan rings is 1. The van der Waals surface area contributed by atoms with Gasteiger partial charge in [0.05, 0.1) is 30.7 Å². The van der Waals surface area contributed by atoms with Crippen LogP contribution in [0.3, 0.4) is 0 Å². The van der Waals surface area contributed by atoms with Crippen LogP contribution in [0.1, 0.15) is 16.7 Å². The predicted molar refractivity (Wildman–Crippen MR) is 173 cm³/mol. The minimum Gasteiger partial charge on any atom is -0.497 e. The van der Waals surface area contributed by atoms with Crippen LogP contribution in [0, 0.1) is 21.4 Å². The zero-order valence-corrected chi connectivity index (χ0v) is 26.0. The Hall–Kier alpha value is -5.60. The molecule has 0 unspecified atom stereocenters. The van der Waals surface area contributed by atoms with Gasteiger partial charge >= 0.3 is 0 Å². The molecule has 0 amide bonds. The number of non-ortho nitro benzene ring substituents is 1. The van der Waals surface area contributed by atoms with E-state index >= 15 is 0 Å². The van der Waals surface area contributed by atoms with E-state index in [1.165, 1.54) is 19.2 Å². The molecule has 10 nitrogen and oxygen atoms in total. The van der Waals surface area contributed by atoms with E-state index in [4.69, 9.17) is 23.4 Å². The van der Waals surface area contributed by atoms with Crippen LogP contribution in [-0.4, -0.2) is 32.5 Å². The molecule has 0 aliphatic carbocycles. The topological polar surface area (TPSA) is 129 Å². The van der Waals surface area contributed by atoms with Gasteiger partial charge in [0.1, 0.15) is 35.5 Å². The van der Waals surface area contributed by atoms with E-state index in [0.29, 0.717) is 44.4 Å². The fraction of sp³-hybridized carbons (Fsp3) is 0.118. The number of ether oxygens (including phenoxy) is 4. The molecule has 0 aliphatic heterocycles. The van der Waals surface area contributed by atoms with Crippen LogP contribution in [0.4, 0.5) is 11.6 Å². The molecule has 0 N–H and O–H groups in total. The summed E-state index contributed by atoms with van der Waals surface area (Å²) in [7, 11) is 4.70. The average Bonchev–Trinajstić information content (AvgIpc) is 3.45. The van der Waals surface area contributed by atoms with Gasteiger partial charge in [-0.25, -0.2) is 4.99 Å². The third-order valence-corrected chi connectivity index (χ3v) is 7.43. The summed E-state index contributed by atoms with van der Waals surface area (Å²) in [4.78, 5) is 15.1. The molecule has 0 atom stereocenters. The highest BCUT2D eigenvalue weighted by Gasteiger charge is 2.23. The van der Waals surface area contributed by atoms with Crippen molar-refractivity contribution in [2.75, 3.05) is 21.3 Å². The average molecular weight is 669 g/mol. The van der Waals surface area contributed by atoms with E-state index in [-0.39, 0.29) is 23.7 Å². The van der Waals surface area contributed by atoms with E-state index in [2.05, 4.69) is 27.0 Å². The molecule has 0 radical (unpaired) electrons. The molecule has 0 bridgehead atoms. The lowest BCUT2D eigenvalue weighted by Crippen LogP contribution is -2.00. The smallest absolute Gasteiger partial charge is 0.269 e. The number of nitrogens with zero attached hydrogens (tertiary/aromatic N) is 3. The van der Waals surface area contributed by atoms with Gasteiger partial charge in [0.15, 0.2) is 11.5 Å². The van der Waals surface area contributed by atoms with Crippen molar-refractivity contribution in [3.05, 3.63) is 116 Å². The van der Waals surface area contributed by atoms with Gasteiger partial charge < -0.3 is 23.4 Å². The van der Waals surface area contributed by atoms with Gasteiger partial charge in [-0.05, 0) is 93.3 Å². The van der Waals surface area contributed by atoms with E-state index in [9.17, 15) is 15.4 Å². The van der Waals surface area contributed by atoms with Gasteiger partial charge in [0, 0.05) is 29.5 Å². The van der Waals surface area contributed by atoms with Gasteiger partial charge in [-0.15, -0.1) is 0 Å². The number of hydrogen-bond acceptors (Lipinski definition) is 9. The number of nitro benzene ring substituents is 1. The maximum atomic E-state index is 10.9. The number of benzene rings is 4. The second kappa shape index (κ2) is 13.8. The summed E-state index contributed by atoms with van der Waals surface area (Å²) in [6, 6.07) is 26.6. The molecule has 0 spiro atoms. The van der Waals surface area contributed by atoms with E-state index in [1.54, 1.807) is 44.7 Å². The van der Waals surface area contributed by atoms with E-state index in [1.807, 2.05) is 48.5 Å². The Labute approximate surface area is 267 Å². The molecule has 0 saturated heterocycles. The minimum atomic E-state index is -0.452. The lowest BCUT2D eigenvalue weighted by molar-refractivity contribution is -0.384. The third kappa shape index (κ3) is 6.82. The lowest BCUT2D eigenvalue weighted by atomic mass is 9.98. The molecule has 1 heterocycles. The van der Waals surface area contributed by atoms with Crippen molar-refractivity contribution in [2.45, 2.75) is 6.61 Å². The van der Waals surface area contributed by atoms with Crippen LogP contribution in [0.5, 0.6) is 23.0 Å². The van der Waals surface area contributed by atoms with Crippen molar-refractivity contribution in [1.82, 2.24) is 0 Å². The summed E-state index contributed by atoms with van der Waals surface area (Å²) < 4.78 is 29.0. The van der Waals surface area contributed by atoms with Gasteiger partial charge in [-0.1, -0.05) is 12.1 Å². The highest BCUT2D eigenvalue weighted by Crippen LogP contribution is 2.43. The first-order valence-corrected chi connectivity index (χ1v) is 14.3. The molecule has 226 valence electrons. The molecule has 4 aromatic carbocycles. The number of nitriles is 1. The Balaban J connectivity index is 1.48. The van der Waals surface area contributed by atoms with Crippen LogP contribution in [-0.2, 0) is 6.61 Å². The van der Waals surface area contributed by atoms with Crippen molar-refractivity contribution < 1.29 is 28.3 Å². The first-order valence-electron chi connectivity index (χ1n) is 13.5. The second-order valence-corrected chi connectivity index (χ2v) is 10.4. The molecule has 1 aromatic heterocycles. The highest BCUT2D eigenvalue weighted by atomic mass is 79.9. The molecular weight excluding hydrogens is 642 g/mol. The quantitative estimate of drug-likeness (QED) is 0.0778. The number of halogens is 1.